The van der Waals surface area contributed by atoms with Crippen LogP contribution in [0.5, 0.6) is 17.2 Å². The van der Waals surface area contributed by atoms with E-state index in [-0.39, 0.29) is 11.8 Å². The van der Waals surface area contributed by atoms with Crippen molar-refractivity contribution in [3.05, 3.63) is 48.0 Å². The molecule has 0 aliphatic rings. The Hall–Kier alpha value is -2.36. The lowest BCUT2D eigenvalue weighted by atomic mass is 10.1. The van der Waals surface area contributed by atoms with E-state index in [1.165, 1.54) is 12.7 Å². The van der Waals surface area contributed by atoms with Gasteiger partial charge in [-0.2, -0.15) is 0 Å². The maximum Gasteiger partial charge on any atom is 0.160 e. The molecule has 4 heteroatoms. The zero-order valence-electron chi connectivity index (χ0n) is 12.6. The van der Waals surface area contributed by atoms with Gasteiger partial charge in [0.2, 0.25) is 0 Å². The van der Waals surface area contributed by atoms with E-state index in [4.69, 9.17) is 9.47 Å². The third-order valence-electron chi connectivity index (χ3n) is 3.29. The minimum Gasteiger partial charge on any atom is -0.504 e. The van der Waals surface area contributed by atoms with E-state index < -0.39 is 0 Å². The van der Waals surface area contributed by atoms with Crippen molar-refractivity contribution < 1.29 is 14.6 Å². The summed E-state index contributed by atoms with van der Waals surface area (Å²) in [6, 6.07) is 13.6. The predicted octanol–water partition coefficient (Wildman–Crippen LogP) is 3.45. The molecule has 2 aromatic carbocycles. The number of nitrogens with one attached hydrogen (secondary N) is 1. The molecule has 0 fully saturated rings. The van der Waals surface area contributed by atoms with E-state index in [0.29, 0.717) is 5.75 Å². The number of hydrogen-bond donors (Lipinski definition) is 2. The summed E-state index contributed by atoms with van der Waals surface area (Å²) in [5, 5.41) is 13.1. The molecule has 1 unspecified atom stereocenters. The van der Waals surface area contributed by atoms with Gasteiger partial charge in [0.1, 0.15) is 5.75 Å². The third kappa shape index (κ3) is 4.05. The first-order chi connectivity index (χ1) is 10.1. The van der Waals surface area contributed by atoms with Crippen molar-refractivity contribution in [2.75, 3.05) is 19.5 Å². The average Bonchev–Trinajstić information content (AvgIpc) is 2.48. The largest absolute Gasteiger partial charge is 0.504 e. The molecule has 0 aromatic heterocycles. The summed E-state index contributed by atoms with van der Waals surface area (Å²) in [4.78, 5) is 0. The van der Waals surface area contributed by atoms with Gasteiger partial charge in [0.15, 0.2) is 11.5 Å². The predicted molar refractivity (Wildman–Crippen MR) is 84.4 cm³/mol. The molecule has 4 nitrogen and oxygen atoms in total. The Morgan fingerprint density at radius 2 is 1.76 bits per heavy atom. The number of rotatable bonds is 6. The van der Waals surface area contributed by atoms with Gasteiger partial charge in [-0.05, 0) is 43.2 Å². The molecule has 2 aromatic rings. The Morgan fingerprint density at radius 3 is 2.33 bits per heavy atom. The van der Waals surface area contributed by atoms with Crippen molar-refractivity contribution in [3.63, 3.8) is 0 Å². The summed E-state index contributed by atoms with van der Waals surface area (Å²) in [5.74, 6) is 1.47. The fraction of sp³-hybridized carbons (Fsp3) is 0.294. The molecule has 0 aliphatic carbocycles. The van der Waals surface area contributed by atoms with Crippen LogP contribution in [0.3, 0.4) is 0 Å². The van der Waals surface area contributed by atoms with Gasteiger partial charge in [0, 0.05) is 17.8 Å². The quantitative estimate of drug-likeness (QED) is 0.854. The summed E-state index contributed by atoms with van der Waals surface area (Å²) in [7, 11) is 3.20. The Kier molecular flexibility index (Phi) is 4.93. The van der Waals surface area contributed by atoms with Crippen molar-refractivity contribution in [1.29, 1.82) is 0 Å². The first-order valence-electron chi connectivity index (χ1n) is 6.89. The maximum atomic E-state index is 9.77. The van der Waals surface area contributed by atoms with Crippen LogP contribution in [-0.2, 0) is 6.42 Å². The minimum absolute atomic E-state index is 0.138. The molecule has 0 spiro atoms. The van der Waals surface area contributed by atoms with Crippen LogP contribution in [0.15, 0.2) is 42.5 Å². The van der Waals surface area contributed by atoms with Gasteiger partial charge >= 0.3 is 0 Å². The molecule has 0 bridgehead atoms. The number of anilines is 1. The van der Waals surface area contributed by atoms with Gasteiger partial charge in [-0.3, -0.25) is 0 Å². The van der Waals surface area contributed by atoms with Crippen LogP contribution < -0.4 is 14.8 Å². The second kappa shape index (κ2) is 6.88. The van der Waals surface area contributed by atoms with Gasteiger partial charge in [-0.25, -0.2) is 0 Å². The summed E-state index contributed by atoms with van der Waals surface area (Å²) in [6.07, 6.45) is 0.886. The van der Waals surface area contributed by atoms with Gasteiger partial charge in [-0.1, -0.05) is 12.1 Å². The molecular weight excluding hydrogens is 266 g/mol. The highest BCUT2D eigenvalue weighted by Crippen LogP contribution is 2.29. The van der Waals surface area contributed by atoms with Crippen LogP contribution in [0.25, 0.3) is 0 Å². The lowest BCUT2D eigenvalue weighted by molar-refractivity contribution is 0.373. The molecule has 21 heavy (non-hydrogen) atoms. The highest BCUT2D eigenvalue weighted by Gasteiger charge is 2.07. The second-order valence-electron chi connectivity index (χ2n) is 4.98. The van der Waals surface area contributed by atoms with E-state index in [1.54, 1.807) is 19.2 Å². The highest BCUT2D eigenvalue weighted by molar-refractivity contribution is 5.54. The van der Waals surface area contributed by atoms with Gasteiger partial charge < -0.3 is 19.9 Å². The Bertz CT molecular complexity index is 581. The fourth-order valence-corrected chi connectivity index (χ4v) is 2.23. The Morgan fingerprint density at radius 1 is 1.05 bits per heavy atom. The number of methoxy groups -OCH3 is 2. The van der Waals surface area contributed by atoms with Gasteiger partial charge in [0.05, 0.1) is 14.2 Å². The number of benzene rings is 2. The molecule has 2 N–H and O–H groups in total. The Balaban J connectivity index is 1.97. The van der Waals surface area contributed by atoms with Crippen molar-refractivity contribution >= 4 is 5.69 Å². The minimum atomic E-state index is 0.138. The van der Waals surface area contributed by atoms with Gasteiger partial charge in [-0.15, -0.1) is 0 Å². The summed E-state index contributed by atoms with van der Waals surface area (Å²) >= 11 is 0. The lowest BCUT2D eigenvalue weighted by Crippen LogP contribution is -2.17. The van der Waals surface area contributed by atoms with Crippen LogP contribution in [0.1, 0.15) is 12.5 Å². The first kappa shape index (κ1) is 15.0. The molecule has 0 heterocycles. The maximum absolute atomic E-state index is 9.77. The normalized spacial score (nSPS) is 11.8. The molecule has 0 saturated carbocycles. The number of phenolic OH excluding ortho intramolecular Hbond substituents is 1. The monoisotopic (exact) mass is 287 g/mol. The first-order valence-corrected chi connectivity index (χ1v) is 6.89. The van der Waals surface area contributed by atoms with Crippen LogP contribution in [0.2, 0.25) is 0 Å². The number of phenols is 1. The summed E-state index contributed by atoms with van der Waals surface area (Å²) in [6.45, 7) is 2.10. The highest BCUT2D eigenvalue weighted by atomic mass is 16.5. The van der Waals surface area contributed by atoms with E-state index in [0.717, 1.165) is 17.9 Å². The van der Waals surface area contributed by atoms with Crippen LogP contribution >= 0.6 is 0 Å². The average molecular weight is 287 g/mol. The zero-order valence-corrected chi connectivity index (χ0v) is 12.6. The molecule has 2 rings (SSSR count). The molecular formula is C17H21NO3. The smallest absolute Gasteiger partial charge is 0.160 e. The van der Waals surface area contributed by atoms with E-state index in [1.807, 2.05) is 18.2 Å². The standard InChI is InChI=1S/C17H21NO3/c1-12(10-13-4-7-15(20-2)8-5-13)18-14-6-9-17(21-3)16(19)11-14/h4-9,11-12,18-19H,10H2,1-3H3. The molecule has 0 saturated heterocycles. The van der Waals surface area contributed by atoms with E-state index >= 15 is 0 Å². The topological polar surface area (TPSA) is 50.7 Å². The SMILES string of the molecule is COc1ccc(CC(C)Nc2ccc(OC)c(O)c2)cc1. The number of aromatic hydroxyl groups is 1. The van der Waals surface area contributed by atoms with E-state index in [9.17, 15) is 5.11 Å². The third-order valence-corrected chi connectivity index (χ3v) is 3.29. The second-order valence-corrected chi connectivity index (χ2v) is 4.98. The fourth-order valence-electron chi connectivity index (χ4n) is 2.23. The Labute approximate surface area is 125 Å². The zero-order chi connectivity index (χ0) is 15.2. The van der Waals surface area contributed by atoms with Crippen molar-refractivity contribution in [1.82, 2.24) is 0 Å². The molecule has 112 valence electrons. The summed E-state index contributed by atoms with van der Waals surface area (Å²) in [5.41, 5.74) is 2.10. The van der Waals surface area contributed by atoms with Crippen LogP contribution in [-0.4, -0.2) is 25.4 Å². The number of ether oxygens (including phenoxy) is 2. The molecule has 0 aliphatic heterocycles. The summed E-state index contributed by atoms with van der Waals surface area (Å²) < 4.78 is 10.2. The van der Waals surface area contributed by atoms with Crippen molar-refractivity contribution in [2.45, 2.75) is 19.4 Å². The van der Waals surface area contributed by atoms with Crippen LogP contribution in [0.4, 0.5) is 5.69 Å². The number of hydrogen-bond acceptors (Lipinski definition) is 4. The van der Waals surface area contributed by atoms with Crippen LogP contribution in [0, 0.1) is 0 Å². The van der Waals surface area contributed by atoms with Crippen molar-refractivity contribution in [2.24, 2.45) is 0 Å². The van der Waals surface area contributed by atoms with Crippen molar-refractivity contribution in [3.8, 4) is 17.2 Å². The molecule has 0 radical (unpaired) electrons. The van der Waals surface area contributed by atoms with E-state index in [2.05, 4.69) is 24.4 Å². The molecule has 0 amide bonds. The van der Waals surface area contributed by atoms with Gasteiger partial charge in [0.25, 0.3) is 0 Å². The lowest BCUT2D eigenvalue weighted by Gasteiger charge is -2.16. The molecule has 1 atom stereocenters.